The average molecular weight is 357 g/mol. The SMILES string of the molecule is Nc1ncnc2c1ncn2[C@@H]1CO[C@H](COP(=O)([O-])[O-])[C@@H](O)C1.[Li+].[Li+]. The first kappa shape index (κ1) is 22.6. The molecule has 3 N–H and O–H groups in total. The van der Waals surface area contributed by atoms with E-state index >= 15 is 0 Å². The molecule has 0 radical (unpaired) electrons. The van der Waals surface area contributed by atoms with Crippen LogP contribution in [0.2, 0.25) is 0 Å². The third-order valence-electron chi connectivity index (χ3n) is 3.62. The topological polar surface area (TPSA) is 172 Å². The number of aliphatic hydroxyl groups excluding tert-OH is 1. The molecule has 126 valence electrons. The minimum absolute atomic E-state index is 0. The summed E-state index contributed by atoms with van der Waals surface area (Å²) in [6, 6.07) is -0.271. The van der Waals surface area contributed by atoms with Gasteiger partial charge < -0.3 is 39.0 Å². The van der Waals surface area contributed by atoms with Crippen LogP contribution >= 0.6 is 7.82 Å². The molecule has 25 heavy (non-hydrogen) atoms. The second-order valence-electron chi connectivity index (χ2n) is 5.15. The molecule has 0 bridgehead atoms. The number of hydrogen-bond donors (Lipinski definition) is 2. The van der Waals surface area contributed by atoms with Gasteiger partial charge in [0.2, 0.25) is 0 Å². The standard InChI is InChI=1S/C11H16N5O6P.2Li/c12-10-9-11(14-4-13-10)16(5-15-9)6-1-7(17)8(21-2-6)3-22-23(18,19)20;;/h4-8,17H,1-3H2,(H2,12,13,14)(H2,18,19,20);;/q;2*+1/p-2/t6-,7-,8+;;/m0../s1. The smallest absolute Gasteiger partial charge is 0.790 e. The Morgan fingerprint density at radius 1 is 1.40 bits per heavy atom. The normalized spacial score (nSPS) is 23.7. The van der Waals surface area contributed by atoms with Crippen molar-refractivity contribution < 1.29 is 66.4 Å². The summed E-state index contributed by atoms with van der Waals surface area (Å²) < 4.78 is 21.8. The van der Waals surface area contributed by atoms with E-state index in [0.29, 0.717) is 11.2 Å². The molecule has 3 rings (SSSR count). The molecule has 14 heteroatoms. The third-order valence-corrected chi connectivity index (χ3v) is 4.09. The minimum atomic E-state index is -5.10. The van der Waals surface area contributed by atoms with Crippen LogP contribution in [0.25, 0.3) is 11.2 Å². The van der Waals surface area contributed by atoms with Gasteiger partial charge in [-0.05, 0) is 6.42 Å². The summed E-state index contributed by atoms with van der Waals surface area (Å²) in [4.78, 5) is 33.1. The van der Waals surface area contributed by atoms with E-state index < -0.39 is 26.6 Å². The number of aromatic nitrogens is 4. The van der Waals surface area contributed by atoms with E-state index in [2.05, 4.69) is 19.5 Å². The first-order valence-corrected chi connectivity index (χ1v) is 8.20. The molecule has 0 unspecified atom stereocenters. The number of fused-ring (bicyclic) bond motifs is 1. The first-order valence-electron chi connectivity index (χ1n) is 6.74. The van der Waals surface area contributed by atoms with Gasteiger partial charge in [-0.15, -0.1) is 0 Å². The number of nitrogens with two attached hydrogens (primary N) is 1. The van der Waals surface area contributed by atoms with Crippen LogP contribution in [-0.4, -0.2) is 50.0 Å². The number of anilines is 1. The van der Waals surface area contributed by atoms with Crippen LogP contribution in [0, 0.1) is 0 Å². The Hall–Kier alpha value is -0.425. The van der Waals surface area contributed by atoms with Crippen molar-refractivity contribution in [2.75, 3.05) is 18.9 Å². The second kappa shape index (κ2) is 8.98. The van der Waals surface area contributed by atoms with E-state index in [1.54, 1.807) is 4.57 Å². The zero-order valence-corrected chi connectivity index (χ0v) is 14.7. The molecule has 1 aliphatic rings. The summed E-state index contributed by atoms with van der Waals surface area (Å²) in [6.07, 6.45) is 1.20. The second-order valence-corrected chi connectivity index (χ2v) is 6.31. The maximum atomic E-state index is 10.5. The fourth-order valence-corrected chi connectivity index (χ4v) is 2.83. The molecule has 1 fully saturated rings. The maximum Gasteiger partial charge on any atom is 1.00 e. The van der Waals surface area contributed by atoms with Crippen molar-refractivity contribution in [3.8, 4) is 0 Å². The molecular weight excluding hydrogens is 343 g/mol. The Morgan fingerprint density at radius 2 is 2.12 bits per heavy atom. The molecule has 0 aliphatic carbocycles. The molecule has 3 atom stereocenters. The monoisotopic (exact) mass is 357 g/mol. The van der Waals surface area contributed by atoms with Crippen molar-refractivity contribution in [2.24, 2.45) is 0 Å². The molecule has 0 spiro atoms. The molecule has 0 aromatic carbocycles. The Morgan fingerprint density at radius 3 is 2.76 bits per heavy atom. The Labute approximate surface area is 166 Å². The Kier molecular flexibility index (Phi) is 8.12. The van der Waals surface area contributed by atoms with Crippen molar-refractivity contribution in [3.63, 3.8) is 0 Å². The zero-order chi connectivity index (χ0) is 16.6. The average Bonchev–Trinajstić information content (AvgIpc) is 2.90. The summed E-state index contributed by atoms with van der Waals surface area (Å²) in [6.45, 7) is -0.347. The minimum Gasteiger partial charge on any atom is -0.790 e. The predicted molar refractivity (Wildman–Crippen MR) is 72.7 cm³/mol. The van der Waals surface area contributed by atoms with E-state index in [4.69, 9.17) is 10.5 Å². The van der Waals surface area contributed by atoms with E-state index in [9.17, 15) is 19.5 Å². The first-order chi connectivity index (χ1) is 10.8. The van der Waals surface area contributed by atoms with Crippen LogP contribution < -0.4 is 53.2 Å². The molecule has 3 heterocycles. The third kappa shape index (κ3) is 5.28. The van der Waals surface area contributed by atoms with Gasteiger partial charge >= 0.3 is 37.7 Å². The fourth-order valence-electron chi connectivity index (χ4n) is 2.50. The summed E-state index contributed by atoms with van der Waals surface area (Å²) in [7, 11) is -5.10. The van der Waals surface area contributed by atoms with Crippen molar-refractivity contribution >= 4 is 24.8 Å². The number of hydrogen-bond acceptors (Lipinski definition) is 10. The number of rotatable bonds is 4. The van der Waals surface area contributed by atoms with Crippen LogP contribution in [0.4, 0.5) is 5.82 Å². The van der Waals surface area contributed by atoms with Gasteiger partial charge in [-0.25, -0.2) is 15.0 Å². The van der Waals surface area contributed by atoms with E-state index in [1.165, 1.54) is 12.7 Å². The van der Waals surface area contributed by atoms with Crippen molar-refractivity contribution in [1.29, 1.82) is 0 Å². The van der Waals surface area contributed by atoms with Crippen LogP contribution in [0.15, 0.2) is 12.7 Å². The summed E-state index contributed by atoms with van der Waals surface area (Å²) >= 11 is 0. The number of phosphoric acid groups is 1. The largest absolute Gasteiger partial charge is 1.00 e. The molecular formula is C11H14Li2N5O6P. The predicted octanol–water partition coefficient (Wildman–Crippen LogP) is -8.05. The van der Waals surface area contributed by atoms with Gasteiger partial charge in [0.05, 0.1) is 39.5 Å². The van der Waals surface area contributed by atoms with Crippen LogP contribution in [0.5, 0.6) is 0 Å². The maximum absolute atomic E-state index is 10.5. The summed E-state index contributed by atoms with van der Waals surface area (Å²) in [5, 5.41) is 10.1. The van der Waals surface area contributed by atoms with E-state index in [-0.39, 0.29) is 62.6 Å². The number of imidazole rings is 1. The number of phosphoric ester groups is 1. The van der Waals surface area contributed by atoms with Crippen molar-refractivity contribution in [2.45, 2.75) is 24.7 Å². The number of nitrogens with zero attached hydrogens (tertiary/aromatic N) is 4. The van der Waals surface area contributed by atoms with Gasteiger partial charge in [0.15, 0.2) is 11.5 Å². The van der Waals surface area contributed by atoms with Crippen LogP contribution in [0.1, 0.15) is 12.5 Å². The van der Waals surface area contributed by atoms with Gasteiger partial charge in [0.1, 0.15) is 17.9 Å². The Balaban J connectivity index is 0.00000156. The Bertz CT molecular complexity index is 758. The molecule has 0 saturated carbocycles. The van der Waals surface area contributed by atoms with E-state index in [1.807, 2.05) is 0 Å². The molecule has 0 amide bonds. The zero-order valence-electron chi connectivity index (χ0n) is 13.8. The van der Waals surface area contributed by atoms with Gasteiger partial charge in [0, 0.05) is 0 Å². The number of aliphatic hydroxyl groups is 1. The summed E-state index contributed by atoms with van der Waals surface area (Å²) in [5.74, 6) is 0.249. The van der Waals surface area contributed by atoms with Crippen molar-refractivity contribution in [1.82, 2.24) is 19.5 Å². The number of nitrogen functional groups attached to an aromatic ring is 1. The van der Waals surface area contributed by atoms with Gasteiger partial charge in [-0.3, -0.25) is 0 Å². The number of ether oxygens (including phenoxy) is 1. The molecule has 1 aliphatic heterocycles. The van der Waals surface area contributed by atoms with Crippen LogP contribution in [-0.2, 0) is 13.8 Å². The van der Waals surface area contributed by atoms with Gasteiger partial charge in [-0.2, -0.15) is 0 Å². The molecule has 2 aromatic rings. The molecule has 11 nitrogen and oxygen atoms in total. The molecule has 2 aromatic heterocycles. The fraction of sp³-hybridized carbons (Fsp3) is 0.545. The van der Waals surface area contributed by atoms with Crippen molar-refractivity contribution in [3.05, 3.63) is 12.7 Å². The quantitative estimate of drug-likeness (QED) is 0.395. The summed E-state index contributed by atoms with van der Waals surface area (Å²) in [5.41, 5.74) is 6.68. The molecule has 1 saturated heterocycles. The van der Waals surface area contributed by atoms with Gasteiger partial charge in [0.25, 0.3) is 0 Å². The van der Waals surface area contributed by atoms with Crippen LogP contribution in [0.3, 0.4) is 0 Å². The van der Waals surface area contributed by atoms with Gasteiger partial charge in [-0.1, -0.05) is 0 Å². The van der Waals surface area contributed by atoms with E-state index in [0.717, 1.165) is 0 Å².